The Balaban J connectivity index is 1.96. The van der Waals surface area contributed by atoms with Crippen LogP contribution in [-0.2, 0) is 17.6 Å². The topological polar surface area (TPSA) is 66.0 Å². The predicted molar refractivity (Wildman–Crippen MR) is 76.7 cm³/mol. The van der Waals surface area contributed by atoms with Crippen LogP contribution in [0.4, 0.5) is 0 Å². The Hall–Kier alpha value is -2.62. The van der Waals surface area contributed by atoms with Crippen LogP contribution in [0, 0.1) is 0 Å². The van der Waals surface area contributed by atoms with Gasteiger partial charge in [-0.2, -0.15) is 0 Å². The number of nitrogens with one attached hydrogen (secondary N) is 1. The number of H-pyrrole nitrogens is 1. The van der Waals surface area contributed by atoms with E-state index in [1.165, 1.54) is 5.56 Å². The van der Waals surface area contributed by atoms with Crippen molar-refractivity contribution < 1.29 is 9.90 Å². The average molecular weight is 266 g/mol. The Kier molecular flexibility index (Phi) is 3.21. The normalized spacial score (nSPS) is 10.8. The van der Waals surface area contributed by atoms with E-state index in [1.54, 1.807) is 0 Å². The van der Waals surface area contributed by atoms with E-state index >= 15 is 0 Å². The summed E-state index contributed by atoms with van der Waals surface area (Å²) in [6.07, 6.45) is 0.703. The zero-order valence-electron chi connectivity index (χ0n) is 10.8. The van der Waals surface area contributed by atoms with Crippen molar-refractivity contribution in [2.45, 2.75) is 12.8 Å². The number of fused-ring (bicyclic) bond motifs is 1. The highest BCUT2D eigenvalue weighted by atomic mass is 16.4. The molecule has 0 amide bonds. The summed E-state index contributed by atoms with van der Waals surface area (Å²) in [4.78, 5) is 18.7. The van der Waals surface area contributed by atoms with Crippen molar-refractivity contribution in [2.75, 3.05) is 0 Å². The molecule has 0 radical (unpaired) electrons. The smallest absolute Gasteiger partial charge is 0.307 e. The van der Waals surface area contributed by atoms with Gasteiger partial charge >= 0.3 is 5.97 Å². The molecule has 0 aliphatic rings. The summed E-state index contributed by atoms with van der Waals surface area (Å²) in [5.41, 5.74) is 3.55. The second-order valence-electron chi connectivity index (χ2n) is 4.73. The minimum Gasteiger partial charge on any atom is -0.481 e. The number of aromatic amines is 1. The molecular weight excluding hydrogens is 252 g/mol. The number of hydrogen-bond acceptors (Lipinski definition) is 2. The van der Waals surface area contributed by atoms with Crippen molar-refractivity contribution in [3.05, 3.63) is 65.5 Å². The molecule has 0 spiro atoms. The molecule has 0 bridgehead atoms. The predicted octanol–water partition coefficient (Wildman–Crippen LogP) is 2.78. The van der Waals surface area contributed by atoms with Crippen LogP contribution >= 0.6 is 0 Å². The lowest BCUT2D eigenvalue weighted by Crippen LogP contribution is -2.00. The van der Waals surface area contributed by atoms with Crippen LogP contribution < -0.4 is 0 Å². The Labute approximate surface area is 116 Å². The van der Waals surface area contributed by atoms with E-state index in [2.05, 4.69) is 9.97 Å². The lowest BCUT2D eigenvalue weighted by molar-refractivity contribution is -0.136. The van der Waals surface area contributed by atoms with Crippen LogP contribution in [0.15, 0.2) is 48.5 Å². The third kappa shape index (κ3) is 2.54. The molecule has 2 N–H and O–H groups in total. The first kappa shape index (κ1) is 12.4. The van der Waals surface area contributed by atoms with Gasteiger partial charge in [-0.15, -0.1) is 0 Å². The molecule has 2 aromatic carbocycles. The monoisotopic (exact) mass is 266 g/mol. The first-order valence-electron chi connectivity index (χ1n) is 6.44. The van der Waals surface area contributed by atoms with E-state index in [0.29, 0.717) is 6.42 Å². The Morgan fingerprint density at radius 1 is 1.10 bits per heavy atom. The lowest BCUT2D eigenvalue weighted by Gasteiger charge is -1.97. The van der Waals surface area contributed by atoms with Gasteiger partial charge in [0.25, 0.3) is 0 Å². The highest BCUT2D eigenvalue weighted by molar-refractivity contribution is 5.83. The number of carbonyl (C=O) groups is 1. The molecule has 4 heteroatoms. The van der Waals surface area contributed by atoms with E-state index in [1.807, 2.05) is 48.5 Å². The lowest BCUT2D eigenvalue weighted by atomic mass is 10.1. The number of para-hydroxylation sites is 1. The number of carboxylic acids is 1. The average Bonchev–Trinajstić information content (AvgIpc) is 2.83. The maximum Gasteiger partial charge on any atom is 0.307 e. The van der Waals surface area contributed by atoms with Gasteiger partial charge in [0.15, 0.2) is 0 Å². The van der Waals surface area contributed by atoms with Gasteiger partial charge in [0.2, 0.25) is 0 Å². The molecular formula is C16H14N2O2. The molecule has 0 aliphatic carbocycles. The number of benzene rings is 2. The highest BCUT2D eigenvalue weighted by Crippen LogP contribution is 2.18. The van der Waals surface area contributed by atoms with Crippen LogP contribution in [0.5, 0.6) is 0 Å². The van der Waals surface area contributed by atoms with Gasteiger partial charge in [-0.1, -0.05) is 42.5 Å². The molecule has 0 aliphatic heterocycles. The van der Waals surface area contributed by atoms with E-state index in [4.69, 9.17) is 5.11 Å². The second-order valence-corrected chi connectivity index (χ2v) is 4.73. The quantitative estimate of drug-likeness (QED) is 0.763. The molecule has 0 saturated heterocycles. The summed E-state index contributed by atoms with van der Waals surface area (Å²) in [6, 6.07) is 15.6. The van der Waals surface area contributed by atoms with Gasteiger partial charge in [0.1, 0.15) is 5.82 Å². The van der Waals surface area contributed by atoms with Crippen molar-refractivity contribution in [3.8, 4) is 0 Å². The number of nitrogens with zero attached hydrogens (tertiary/aromatic N) is 1. The zero-order chi connectivity index (χ0) is 13.9. The molecule has 100 valence electrons. The van der Waals surface area contributed by atoms with E-state index in [9.17, 15) is 4.79 Å². The van der Waals surface area contributed by atoms with Crippen LogP contribution in [0.25, 0.3) is 11.0 Å². The molecule has 0 unspecified atom stereocenters. The number of aromatic nitrogens is 2. The third-order valence-corrected chi connectivity index (χ3v) is 3.20. The number of rotatable bonds is 4. The largest absolute Gasteiger partial charge is 0.481 e. The zero-order valence-corrected chi connectivity index (χ0v) is 10.8. The maximum atomic E-state index is 10.9. The van der Waals surface area contributed by atoms with E-state index in [-0.39, 0.29) is 6.42 Å². The number of carboxylic acid groups (broad SMARTS) is 1. The fourth-order valence-electron chi connectivity index (χ4n) is 2.32. The molecule has 1 heterocycles. The molecule has 3 aromatic rings. The van der Waals surface area contributed by atoms with E-state index in [0.717, 1.165) is 22.4 Å². The highest BCUT2D eigenvalue weighted by Gasteiger charge is 2.10. The molecule has 3 rings (SSSR count). The molecule has 0 fully saturated rings. The first-order chi connectivity index (χ1) is 9.72. The van der Waals surface area contributed by atoms with Crippen LogP contribution in [0.2, 0.25) is 0 Å². The van der Waals surface area contributed by atoms with Crippen molar-refractivity contribution in [3.63, 3.8) is 0 Å². The van der Waals surface area contributed by atoms with Crippen molar-refractivity contribution in [1.82, 2.24) is 9.97 Å². The fraction of sp³-hybridized carbons (Fsp3) is 0.125. The summed E-state index contributed by atoms with van der Waals surface area (Å²) in [5.74, 6) is 0.00847. The third-order valence-electron chi connectivity index (χ3n) is 3.20. The maximum absolute atomic E-state index is 10.9. The van der Waals surface area contributed by atoms with Gasteiger partial charge in [-0.3, -0.25) is 4.79 Å². The summed E-state index contributed by atoms with van der Waals surface area (Å²) in [5, 5.41) is 8.93. The minimum absolute atomic E-state index is 0.00697. The van der Waals surface area contributed by atoms with Crippen molar-refractivity contribution in [2.24, 2.45) is 0 Å². The molecule has 20 heavy (non-hydrogen) atoms. The van der Waals surface area contributed by atoms with Crippen molar-refractivity contribution >= 4 is 17.0 Å². The molecule has 1 aromatic heterocycles. The Morgan fingerprint density at radius 3 is 2.65 bits per heavy atom. The van der Waals surface area contributed by atoms with Gasteiger partial charge in [-0.25, -0.2) is 4.98 Å². The first-order valence-corrected chi connectivity index (χ1v) is 6.44. The van der Waals surface area contributed by atoms with Crippen LogP contribution in [-0.4, -0.2) is 21.0 Å². The fourth-order valence-corrected chi connectivity index (χ4v) is 2.32. The standard InChI is InChI=1S/C16H14N2O2/c19-15(20)10-12-7-4-8-13-16(12)18-14(17-13)9-11-5-2-1-3-6-11/h1-8H,9-10H2,(H,17,18)(H,19,20). The van der Waals surface area contributed by atoms with Gasteiger partial charge in [0.05, 0.1) is 17.5 Å². The van der Waals surface area contributed by atoms with Crippen molar-refractivity contribution in [1.29, 1.82) is 0 Å². The number of aliphatic carboxylic acids is 1. The SMILES string of the molecule is O=C(O)Cc1cccc2[nH]c(Cc3ccccc3)nc12. The molecule has 0 saturated carbocycles. The minimum atomic E-state index is -0.842. The van der Waals surface area contributed by atoms with Gasteiger partial charge in [0, 0.05) is 6.42 Å². The summed E-state index contributed by atoms with van der Waals surface area (Å²) in [7, 11) is 0. The number of hydrogen-bond donors (Lipinski definition) is 2. The molecule has 4 nitrogen and oxygen atoms in total. The molecule has 0 atom stereocenters. The summed E-state index contributed by atoms with van der Waals surface area (Å²) >= 11 is 0. The number of imidazole rings is 1. The summed E-state index contributed by atoms with van der Waals surface area (Å²) in [6.45, 7) is 0. The second kappa shape index (κ2) is 5.17. The Morgan fingerprint density at radius 2 is 1.90 bits per heavy atom. The van der Waals surface area contributed by atoms with Gasteiger partial charge in [-0.05, 0) is 17.2 Å². The van der Waals surface area contributed by atoms with Gasteiger partial charge < -0.3 is 10.1 Å². The van der Waals surface area contributed by atoms with Crippen LogP contribution in [0.3, 0.4) is 0 Å². The van der Waals surface area contributed by atoms with E-state index < -0.39 is 5.97 Å². The van der Waals surface area contributed by atoms with Crippen LogP contribution in [0.1, 0.15) is 17.0 Å². The summed E-state index contributed by atoms with van der Waals surface area (Å²) < 4.78 is 0. The Bertz CT molecular complexity index is 748.